The van der Waals surface area contributed by atoms with Gasteiger partial charge in [-0.1, -0.05) is 13.8 Å². The first kappa shape index (κ1) is 16.3. The molecule has 7 nitrogen and oxygen atoms in total. The minimum Gasteiger partial charge on any atom is -0.334 e. The number of hydrogen-bond acceptors (Lipinski definition) is 6. The number of rotatable bonds is 5. The zero-order valence-electron chi connectivity index (χ0n) is 14.0. The Morgan fingerprint density at radius 1 is 1.21 bits per heavy atom. The molecule has 126 valence electrons. The van der Waals surface area contributed by atoms with Crippen LogP contribution in [0, 0.1) is 5.92 Å². The van der Waals surface area contributed by atoms with E-state index in [1.165, 1.54) is 0 Å². The van der Waals surface area contributed by atoms with E-state index in [2.05, 4.69) is 39.1 Å². The standard InChI is InChI=1S/C17H22N6O/c1-12(2)11-14(24)23-10-3-5-13(23)15-16(19-9-8-18-15)22-17-20-6-4-7-21-17/h4,6-9,12-13H,3,5,10-11H2,1-2H3,(H,19,20,21,22)/t13-/m1/s1. The van der Waals surface area contributed by atoms with Crippen LogP contribution in [0.2, 0.25) is 0 Å². The highest BCUT2D eigenvalue weighted by molar-refractivity contribution is 5.77. The van der Waals surface area contributed by atoms with E-state index >= 15 is 0 Å². The zero-order valence-corrected chi connectivity index (χ0v) is 14.0. The lowest BCUT2D eigenvalue weighted by Gasteiger charge is -2.26. The van der Waals surface area contributed by atoms with Crippen molar-refractivity contribution in [3.05, 3.63) is 36.5 Å². The molecule has 0 saturated carbocycles. The number of aromatic nitrogens is 4. The summed E-state index contributed by atoms with van der Waals surface area (Å²) in [5, 5.41) is 3.12. The Kier molecular flexibility index (Phi) is 4.98. The molecule has 1 saturated heterocycles. The van der Waals surface area contributed by atoms with Crippen LogP contribution in [0.1, 0.15) is 44.8 Å². The van der Waals surface area contributed by atoms with E-state index in [1.54, 1.807) is 30.9 Å². The highest BCUT2D eigenvalue weighted by atomic mass is 16.2. The van der Waals surface area contributed by atoms with Crippen LogP contribution in [0.15, 0.2) is 30.9 Å². The lowest BCUT2D eigenvalue weighted by molar-refractivity contribution is -0.132. The van der Waals surface area contributed by atoms with Gasteiger partial charge in [-0.15, -0.1) is 0 Å². The van der Waals surface area contributed by atoms with Crippen molar-refractivity contribution in [3.8, 4) is 0 Å². The van der Waals surface area contributed by atoms with E-state index in [1.807, 2.05) is 4.90 Å². The first-order valence-corrected chi connectivity index (χ1v) is 8.29. The molecule has 1 atom stereocenters. The average Bonchev–Trinajstić information content (AvgIpc) is 3.05. The molecule has 1 N–H and O–H groups in total. The number of hydrogen-bond donors (Lipinski definition) is 1. The van der Waals surface area contributed by atoms with Gasteiger partial charge in [0.25, 0.3) is 0 Å². The molecule has 0 aromatic carbocycles. The molecule has 0 spiro atoms. The molecule has 0 radical (unpaired) electrons. The Balaban J connectivity index is 1.84. The molecule has 7 heteroatoms. The van der Waals surface area contributed by atoms with Crippen LogP contribution in [-0.4, -0.2) is 37.3 Å². The van der Waals surface area contributed by atoms with Gasteiger partial charge < -0.3 is 10.2 Å². The molecule has 2 aromatic heterocycles. The Bertz CT molecular complexity index is 690. The van der Waals surface area contributed by atoms with Crippen molar-refractivity contribution < 1.29 is 4.79 Å². The summed E-state index contributed by atoms with van der Waals surface area (Å²) in [7, 11) is 0. The molecule has 1 fully saturated rings. The van der Waals surface area contributed by atoms with Gasteiger partial charge in [0.05, 0.1) is 6.04 Å². The molecular weight excluding hydrogens is 304 g/mol. The van der Waals surface area contributed by atoms with E-state index in [0.717, 1.165) is 25.1 Å². The molecule has 3 rings (SSSR count). The maximum absolute atomic E-state index is 12.5. The molecule has 2 aromatic rings. The van der Waals surface area contributed by atoms with Crippen LogP contribution in [0.5, 0.6) is 0 Å². The first-order valence-electron chi connectivity index (χ1n) is 8.29. The highest BCUT2D eigenvalue weighted by Gasteiger charge is 2.33. The quantitative estimate of drug-likeness (QED) is 0.909. The van der Waals surface area contributed by atoms with E-state index in [9.17, 15) is 4.79 Å². The third-order valence-electron chi connectivity index (χ3n) is 3.99. The predicted octanol–water partition coefficient (Wildman–Crippen LogP) is 2.72. The van der Waals surface area contributed by atoms with Crippen molar-refractivity contribution in [1.82, 2.24) is 24.8 Å². The Morgan fingerprint density at radius 2 is 1.96 bits per heavy atom. The van der Waals surface area contributed by atoms with Crippen molar-refractivity contribution in [2.45, 2.75) is 39.2 Å². The van der Waals surface area contributed by atoms with Crippen molar-refractivity contribution in [2.24, 2.45) is 5.92 Å². The summed E-state index contributed by atoms with van der Waals surface area (Å²) in [6, 6.07) is 1.71. The summed E-state index contributed by atoms with van der Waals surface area (Å²) in [5.41, 5.74) is 0.777. The number of likely N-dealkylation sites (tertiary alicyclic amines) is 1. The fraction of sp³-hybridized carbons (Fsp3) is 0.471. The fourth-order valence-corrected chi connectivity index (χ4v) is 2.97. The topological polar surface area (TPSA) is 83.9 Å². The maximum atomic E-state index is 12.5. The number of nitrogens with one attached hydrogen (secondary N) is 1. The number of carbonyl (C=O) groups is 1. The van der Waals surface area contributed by atoms with Crippen LogP contribution in [0.4, 0.5) is 11.8 Å². The number of carbonyl (C=O) groups excluding carboxylic acids is 1. The number of anilines is 2. The van der Waals surface area contributed by atoms with Gasteiger partial charge >= 0.3 is 0 Å². The van der Waals surface area contributed by atoms with Crippen molar-refractivity contribution in [1.29, 1.82) is 0 Å². The summed E-state index contributed by atoms with van der Waals surface area (Å²) < 4.78 is 0. The summed E-state index contributed by atoms with van der Waals surface area (Å²) in [5.74, 6) is 1.60. The molecule has 0 bridgehead atoms. The van der Waals surface area contributed by atoms with Gasteiger partial charge in [0.2, 0.25) is 11.9 Å². The first-order chi connectivity index (χ1) is 11.6. The molecule has 24 heavy (non-hydrogen) atoms. The number of nitrogens with zero attached hydrogens (tertiary/aromatic N) is 5. The molecule has 3 heterocycles. The normalized spacial score (nSPS) is 17.3. The summed E-state index contributed by atoms with van der Waals surface area (Å²) in [4.78, 5) is 31.7. The molecule has 1 amide bonds. The second-order valence-corrected chi connectivity index (χ2v) is 6.33. The maximum Gasteiger partial charge on any atom is 0.228 e. The van der Waals surface area contributed by atoms with E-state index < -0.39 is 0 Å². The van der Waals surface area contributed by atoms with Crippen LogP contribution >= 0.6 is 0 Å². The second-order valence-electron chi connectivity index (χ2n) is 6.33. The largest absolute Gasteiger partial charge is 0.334 e. The molecule has 0 aliphatic carbocycles. The van der Waals surface area contributed by atoms with Crippen LogP contribution in [-0.2, 0) is 4.79 Å². The van der Waals surface area contributed by atoms with E-state index in [0.29, 0.717) is 24.1 Å². The molecule has 1 aliphatic rings. The zero-order chi connectivity index (χ0) is 16.9. The average molecular weight is 326 g/mol. The summed E-state index contributed by atoms with van der Waals surface area (Å²) in [6.45, 7) is 4.89. The van der Waals surface area contributed by atoms with Crippen LogP contribution < -0.4 is 5.32 Å². The second kappa shape index (κ2) is 7.33. The van der Waals surface area contributed by atoms with Gasteiger partial charge in [0, 0.05) is 37.8 Å². The molecular formula is C17H22N6O. The lowest BCUT2D eigenvalue weighted by atomic mass is 10.1. The van der Waals surface area contributed by atoms with Gasteiger partial charge in [0.15, 0.2) is 5.82 Å². The van der Waals surface area contributed by atoms with E-state index in [4.69, 9.17) is 0 Å². The highest BCUT2D eigenvalue weighted by Crippen LogP contribution is 2.35. The smallest absolute Gasteiger partial charge is 0.228 e. The van der Waals surface area contributed by atoms with Crippen molar-refractivity contribution in [3.63, 3.8) is 0 Å². The van der Waals surface area contributed by atoms with Gasteiger partial charge in [-0.25, -0.2) is 15.0 Å². The minimum atomic E-state index is -0.0452. The third kappa shape index (κ3) is 3.67. The lowest BCUT2D eigenvalue weighted by Crippen LogP contribution is -2.32. The van der Waals surface area contributed by atoms with Gasteiger partial charge in [-0.2, -0.15) is 0 Å². The van der Waals surface area contributed by atoms with Gasteiger partial charge in [0.1, 0.15) is 5.69 Å². The Labute approximate surface area is 141 Å². The summed E-state index contributed by atoms with van der Waals surface area (Å²) in [6.07, 6.45) is 9.05. The van der Waals surface area contributed by atoms with Crippen molar-refractivity contribution >= 4 is 17.7 Å². The predicted molar refractivity (Wildman–Crippen MR) is 90.5 cm³/mol. The third-order valence-corrected chi connectivity index (χ3v) is 3.99. The van der Waals surface area contributed by atoms with Gasteiger partial charge in [-0.05, 0) is 24.8 Å². The number of amides is 1. The SMILES string of the molecule is CC(C)CC(=O)N1CCC[C@@H]1c1nccnc1Nc1ncccn1. The van der Waals surface area contributed by atoms with E-state index in [-0.39, 0.29) is 11.9 Å². The van der Waals surface area contributed by atoms with Crippen LogP contribution in [0.25, 0.3) is 0 Å². The molecule has 0 unspecified atom stereocenters. The molecule has 1 aliphatic heterocycles. The van der Waals surface area contributed by atoms with Crippen LogP contribution in [0.3, 0.4) is 0 Å². The Hall–Kier alpha value is -2.57. The summed E-state index contributed by atoms with van der Waals surface area (Å²) >= 11 is 0. The monoisotopic (exact) mass is 326 g/mol. The van der Waals surface area contributed by atoms with Gasteiger partial charge in [-0.3, -0.25) is 9.78 Å². The van der Waals surface area contributed by atoms with Crippen molar-refractivity contribution in [2.75, 3.05) is 11.9 Å². The fourth-order valence-electron chi connectivity index (χ4n) is 2.97. The Morgan fingerprint density at radius 3 is 2.71 bits per heavy atom. The minimum absolute atomic E-state index is 0.0452.